The highest BCUT2D eigenvalue weighted by Crippen LogP contribution is 2.02. The minimum Gasteiger partial charge on any atom is -0.369 e. The lowest BCUT2D eigenvalue weighted by molar-refractivity contribution is 0.0947. The lowest BCUT2D eigenvalue weighted by Crippen LogP contribution is -2.25. The van der Waals surface area contributed by atoms with Gasteiger partial charge in [0.2, 0.25) is 0 Å². The van der Waals surface area contributed by atoms with Crippen LogP contribution in [0.1, 0.15) is 43.6 Å². The molecule has 1 rings (SSSR count). The molecule has 0 radical (unpaired) electrons. The molecule has 0 bridgehead atoms. The van der Waals surface area contributed by atoms with Gasteiger partial charge in [0.1, 0.15) is 5.82 Å². The molecule has 0 aliphatic carbocycles. The Morgan fingerprint density at radius 1 is 1.18 bits per heavy atom. The second-order valence-corrected chi connectivity index (χ2v) is 3.84. The summed E-state index contributed by atoms with van der Waals surface area (Å²) in [6.07, 6.45) is 3.15. The molecular weight excluding hydrogens is 216 g/mol. The summed E-state index contributed by atoms with van der Waals surface area (Å²) in [6.45, 7) is 5.69. The molecular formula is C12H20N4O. The van der Waals surface area contributed by atoms with Crippen molar-refractivity contribution in [2.24, 2.45) is 0 Å². The minimum atomic E-state index is -0.167. The fourth-order valence-corrected chi connectivity index (χ4v) is 1.27. The maximum atomic E-state index is 11.5. The predicted octanol–water partition coefficient (Wildman–Crippen LogP) is 1.83. The van der Waals surface area contributed by atoms with Crippen LogP contribution in [0.25, 0.3) is 0 Å². The first-order valence-electron chi connectivity index (χ1n) is 6.13. The maximum absolute atomic E-state index is 11.5. The number of unbranched alkanes of at least 4 members (excludes halogenated alkanes) is 1. The van der Waals surface area contributed by atoms with Crippen LogP contribution in [0.2, 0.25) is 0 Å². The molecule has 17 heavy (non-hydrogen) atoms. The van der Waals surface area contributed by atoms with E-state index in [2.05, 4.69) is 27.8 Å². The molecule has 1 heterocycles. The Morgan fingerprint density at radius 2 is 2.00 bits per heavy atom. The standard InChI is InChI=1S/C12H20N4O/c1-3-5-9-13-11-7-6-10(15-16-11)12(17)14-8-4-2/h6-7H,3-5,8-9H2,1-2H3,(H,13,16)(H,14,17). The van der Waals surface area contributed by atoms with Gasteiger partial charge in [-0.2, -0.15) is 0 Å². The zero-order chi connectivity index (χ0) is 12.5. The summed E-state index contributed by atoms with van der Waals surface area (Å²) in [5, 5.41) is 13.8. The number of carbonyl (C=O) groups is 1. The summed E-state index contributed by atoms with van der Waals surface area (Å²) in [7, 11) is 0. The molecule has 0 aliphatic rings. The number of carbonyl (C=O) groups excluding carboxylic acids is 1. The van der Waals surface area contributed by atoms with E-state index in [1.165, 1.54) is 0 Å². The highest BCUT2D eigenvalue weighted by atomic mass is 16.1. The highest BCUT2D eigenvalue weighted by Gasteiger charge is 2.06. The third-order valence-electron chi connectivity index (χ3n) is 2.27. The highest BCUT2D eigenvalue weighted by molar-refractivity contribution is 5.92. The minimum absolute atomic E-state index is 0.167. The number of hydrogen-bond donors (Lipinski definition) is 2. The van der Waals surface area contributed by atoms with E-state index >= 15 is 0 Å². The van der Waals surface area contributed by atoms with Gasteiger partial charge < -0.3 is 10.6 Å². The summed E-state index contributed by atoms with van der Waals surface area (Å²) in [4.78, 5) is 11.5. The largest absolute Gasteiger partial charge is 0.369 e. The number of rotatable bonds is 7. The van der Waals surface area contributed by atoms with Crippen molar-refractivity contribution in [3.63, 3.8) is 0 Å². The van der Waals surface area contributed by atoms with Crippen molar-refractivity contribution in [1.29, 1.82) is 0 Å². The monoisotopic (exact) mass is 236 g/mol. The maximum Gasteiger partial charge on any atom is 0.271 e. The topological polar surface area (TPSA) is 66.9 Å². The van der Waals surface area contributed by atoms with Gasteiger partial charge in [-0.1, -0.05) is 20.3 Å². The molecule has 5 nitrogen and oxygen atoms in total. The van der Waals surface area contributed by atoms with Crippen molar-refractivity contribution in [3.05, 3.63) is 17.8 Å². The van der Waals surface area contributed by atoms with Gasteiger partial charge >= 0.3 is 0 Å². The summed E-state index contributed by atoms with van der Waals surface area (Å²) in [5.74, 6) is 0.546. The number of nitrogens with one attached hydrogen (secondary N) is 2. The van der Waals surface area contributed by atoms with E-state index in [-0.39, 0.29) is 5.91 Å². The summed E-state index contributed by atoms with van der Waals surface area (Å²) < 4.78 is 0. The van der Waals surface area contributed by atoms with E-state index in [1.807, 2.05) is 6.92 Å². The van der Waals surface area contributed by atoms with Crippen LogP contribution < -0.4 is 10.6 Å². The number of nitrogens with zero attached hydrogens (tertiary/aromatic N) is 2. The number of amides is 1. The van der Waals surface area contributed by atoms with Crippen molar-refractivity contribution in [1.82, 2.24) is 15.5 Å². The fourth-order valence-electron chi connectivity index (χ4n) is 1.27. The molecule has 2 N–H and O–H groups in total. The Hall–Kier alpha value is -1.65. The van der Waals surface area contributed by atoms with Crippen molar-refractivity contribution < 1.29 is 4.79 Å². The van der Waals surface area contributed by atoms with Crippen LogP contribution in [0.5, 0.6) is 0 Å². The molecule has 5 heteroatoms. The average molecular weight is 236 g/mol. The Kier molecular flexibility index (Phi) is 5.99. The van der Waals surface area contributed by atoms with E-state index in [9.17, 15) is 4.79 Å². The smallest absolute Gasteiger partial charge is 0.271 e. The third kappa shape index (κ3) is 4.80. The first-order chi connectivity index (χ1) is 8.27. The van der Waals surface area contributed by atoms with E-state index in [0.717, 1.165) is 25.8 Å². The number of hydrogen-bond acceptors (Lipinski definition) is 4. The molecule has 0 aliphatic heterocycles. The van der Waals surface area contributed by atoms with E-state index < -0.39 is 0 Å². The van der Waals surface area contributed by atoms with Gasteiger partial charge in [-0.3, -0.25) is 4.79 Å². The van der Waals surface area contributed by atoms with E-state index in [1.54, 1.807) is 12.1 Å². The van der Waals surface area contributed by atoms with Crippen molar-refractivity contribution in [2.75, 3.05) is 18.4 Å². The average Bonchev–Trinajstić information content (AvgIpc) is 2.37. The first kappa shape index (κ1) is 13.4. The third-order valence-corrected chi connectivity index (χ3v) is 2.27. The predicted molar refractivity (Wildman–Crippen MR) is 68.1 cm³/mol. The van der Waals surface area contributed by atoms with Crippen molar-refractivity contribution >= 4 is 11.7 Å². The van der Waals surface area contributed by atoms with Gasteiger partial charge in [0.15, 0.2) is 5.69 Å². The molecule has 0 unspecified atom stereocenters. The molecule has 0 fully saturated rings. The zero-order valence-corrected chi connectivity index (χ0v) is 10.5. The van der Waals surface area contributed by atoms with Crippen LogP contribution in [-0.4, -0.2) is 29.2 Å². The first-order valence-corrected chi connectivity index (χ1v) is 6.13. The summed E-state index contributed by atoms with van der Waals surface area (Å²) >= 11 is 0. The Bertz CT molecular complexity index is 337. The van der Waals surface area contributed by atoms with Gasteiger partial charge in [0.25, 0.3) is 5.91 Å². The van der Waals surface area contributed by atoms with Crippen LogP contribution in [0.3, 0.4) is 0 Å². The molecule has 1 amide bonds. The van der Waals surface area contributed by atoms with Gasteiger partial charge in [-0.15, -0.1) is 10.2 Å². The van der Waals surface area contributed by atoms with Crippen LogP contribution in [0.15, 0.2) is 12.1 Å². The number of anilines is 1. The van der Waals surface area contributed by atoms with Crippen molar-refractivity contribution in [2.45, 2.75) is 33.1 Å². The number of aromatic nitrogens is 2. The van der Waals surface area contributed by atoms with E-state index in [0.29, 0.717) is 18.1 Å². The van der Waals surface area contributed by atoms with Crippen molar-refractivity contribution in [3.8, 4) is 0 Å². The van der Waals surface area contributed by atoms with E-state index in [4.69, 9.17) is 0 Å². The molecule has 0 saturated heterocycles. The van der Waals surface area contributed by atoms with Crippen LogP contribution in [0, 0.1) is 0 Å². The summed E-state index contributed by atoms with van der Waals surface area (Å²) in [6, 6.07) is 3.47. The Labute approximate surface area is 102 Å². The van der Waals surface area contributed by atoms with Gasteiger partial charge in [-0.25, -0.2) is 0 Å². The normalized spacial score (nSPS) is 10.0. The van der Waals surface area contributed by atoms with Gasteiger partial charge in [0, 0.05) is 13.1 Å². The van der Waals surface area contributed by atoms with Gasteiger partial charge in [-0.05, 0) is 25.0 Å². The molecule has 0 aromatic carbocycles. The molecule has 1 aromatic heterocycles. The SMILES string of the molecule is CCCCNc1ccc(C(=O)NCCC)nn1. The molecule has 94 valence electrons. The van der Waals surface area contributed by atoms with Crippen LogP contribution in [0.4, 0.5) is 5.82 Å². The second-order valence-electron chi connectivity index (χ2n) is 3.84. The van der Waals surface area contributed by atoms with Gasteiger partial charge in [0.05, 0.1) is 0 Å². The molecule has 0 atom stereocenters. The zero-order valence-electron chi connectivity index (χ0n) is 10.5. The molecule has 0 spiro atoms. The van der Waals surface area contributed by atoms with Crippen LogP contribution in [-0.2, 0) is 0 Å². The summed E-state index contributed by atoms with van der Waals surface area (Å²) in [5.41, 5.74) is 0.361. The Balaban J connectivity index is 2.46. The van der Waals surface area contributed by atoms with Crippen LogP contribution >= 0.6 is 0 Å². The molecule has 0 saturated carbocycles. The fraction of sp³-hybridized carbons (Fsp3) is 0.583. The lowest BCUT2D eigenvalue weighted by Gasteiger charge is -2.05. The molecule has 1 aromatic rings. The Morgan fingerprint density at radius 3 is 2.59 bits per heavy atom. The lowest BCUT2D eigenvalue weighted by atomic mass is 10.3. The second kappa shape index (κ2) is 7.60. The quantitative estimate of drug-likeness (QED) is 0.709.